The highest BCUT2D eigenvalue weighted by Crippen LogP contribution is 2.20. The van der Waals surface area contributed by atoms with Crippen molar-refractivity contribution in [1.82, 2.24) is 20.5 Å². The Bertz CT molecular complexity index is 516. The number of hydrogen-bond acceptors (Lipinski definition) is 4. The monoisotopic (exact) mass is 465 g/mol. The van der Waals surface area contributed by atoms with Crippen molar-refractivity contribution in [2.24, 2.45) is 4.99 Å². The molecule has 0 aromatic carbocycles. The molecule has 24 heavy (non-hydrogen) atoms. The number of halogens is 1. The summed E-state index contributed by atoms with van der Waals surface area (Å²) in [5.74, 6) is 0.848. The van der Waals surface area contributed by atoms with E-state index in [0.29, 0.717) is 0 Å². The first-order valence-corrected chi connectivity index (χ1v) is 9.36. The van der Waals surface area contributed by atoms with Crippen molar-refractivity contribution in [2.45, 2.75) is 59.0 Å². The van der Waals surface area contributed by atoms with Gasteiger partial charge in [0.15, 0.2) is 5.96 Å². The Balaban J connectivity index is 0.00000288. The fourth-order valence-electron chi connectivity index (χ4n) is 2.91. The number of aromatic nitrogens is 1. The predicted molar refractivity (Wildman–Crippen MR) is 115 cm³/mol. The zero-order valence-electron chi connectivity index (χ0n) is 15.6. The molecule has 2 N–H and O–H groups in total. The van der Waals surface area contributed by atoms with Crippen LogP contribution in [0.5, 0.6) is 0 Å². The quantitative estimate of drug-likeness (QED) is 0.398. The van der Waals surface area contributed by atoms with Gasteiger partial charge in [-0.15, -0.1) is 35.3 Å². The van der Waals surface area contributed by atoms with Crippen LogP contribution in [0.1, 0.15) is 48.7 Å². The van der Waals surface area contributed by atoms with Gasteiger partial charge in [0.1, 0.15) is 5.01 Å². The Morgan fingerprint density at radius 3 is 2.42 bits per heavy atom. The first kappa shape index (κ1) is 21.6. The van der Waals surface area contributed by atoms with Gasteiger partial charge in [0.2, 0.25) is 0 Å². The van der Waals surface area contributed by atoms with Gasteiger partial charge < -0.3 is 10.6 Å². The number of aryl methyl sites for hydroxylation is 2. The summed E-state index contributed by atoms with van der Waals surface area (Å²) in [7, 11) is 1.82. The normalized spacial score (nSPS) is 16.6. The van der Waals surface area contributed by atoms with Gasteiger partial charge in [-0.1, -0.05) is 6.42 Å². The molecule has 0 aliphatic carbocycles. The van der Waals surface area contributed by atoms with E-state index >= 15 is 0 Å². The molecule has 2 heterocycles. The molecular formula is C17H32IN5S. The maximum absolute atomic E-state index is 4.56. The van der Waals surface area contributed by atoms with Crippen LogP contribution in [-0.2, 0) is 6.54 Å². The van der Waals surface area contributed by atoms with Crippen LogP contribution in [0.2, 0.25) is 0 Å². The predicted octanol–water partition coefficient (Wildman–Crippen LogP) is 3.31. The second-order valence-corrected chi connectivity index (χ2v) is 8.18. The molecule has 1 fully saturated rings. The second-order valence-electron chi connectivity index (χ2n) is 6.89. The molecule has 0 unspecified atom stereocenters. The van der Waals surface area contributed by atoms with Gasteiger partial charge in [-0.05, 0) is 53.6 Å². The molecule has 1 aliphatic rings. The summed E-state index contributed by atoms with van der Waals surface area (Å²) in [4.78, 5) is 12.8. The van der Waals surface area contributed by atoms with Crippen LogP contribution in [-0.4, -0.2) is 48.1 Å². The fraction of sp³-hybridized carbons (Fsp3) is 0.765. The highest BCUT2D eigenvalue weighted by molar-refractivity contribution is 14.0. The van der Waals surface area contributed by atoms with Gasteiger partial charge in [0.05, 0.1) is 12.2 Å². The van der Waals surface area contributed by atoms with Crippen LogP contribution in [0, 0.1) is 13.8 Å². The van der Waals surface area contributed by atoms with E-state index in [-0.39, 0.29) is 29.5 Å². The maximum atomic E-state index is 4.56. The van der Waals surface area contributed by atoms with Crippen molar-refractivity contribution < 1.29 is 0 Å². The fourth-order valence-corrected chi connectivity index (χ4v) is 3.78. The van der Waals surface area contributed by atoms with Crippen molar-refractivity contribution in [3.63, 3.8) is 0 Å². The lowest BCUT2D eigenvalue weighted by atomic mass is 9.98. The number of nitrogens with zero attached hydrogens (tertiary/aromatic N) is 3. The van der Waals surface area contributed by atoms with Crippen LogP contribution in [0.3, 0.4) is 0 Å². The highest BCUT2D eigenvalue weighted by Gasteiger charge is 2.27. The molecule has 1 aromatic heterocycles. The average Bonchev–Trinajstić information content (AvgIpc) is 2.87. The van der Waals surface area contributed by atoms with E-state index in [0.717, 1.165) is 29.8 Å². The van der Waals surface area contributed by atoms with Crippen molar-refractivity contribution in [3.8, 4) is 0 Å². The molecule has 7 heteroatoms. The molecule has 2 rings (SSSR count). The standard InChI is InChI=1S/C17H31N5S.HI/c1-13-14(2)23-15(21-13)11-19-16(18-5)20-12-17(3,4)22-9-7-6-8-10-22;/h6-12H2,1-5H3,(H2,18,19,20);1H. The molecule has 0 saturated carbocycles. The van der Waals surface area contributed by atoms with Gasteiger partial charge in [-0.2, -0.15) is 0 Å². The van der Waals surface area contributed by atoms with Crippen LogP contribution < -0.4 is 10.6 Å². The summed E-state index contributed by atoms with van der Waals surface area (Å²) < 4.78 is 0. The molecule has 0 bridgehead atoms. The summed E-state index contributed by atoms with van der Waals surface area (Å²) in [6.07, 6.45) is 4.01. The molecule has 0 spiro atoms. The van der Waals surface area contributed by atoms with Gasteiger partial charge in [-0.25, -0.2) is 4.98 Å². The zero-order valence-corrected chi connectivity index (χ0v) is 18.8. The van der Waals surface area contributed by atoms with E-state index < -0.39 is 0 Å². The van der Waals surface area contributed by atoms with E-state index in [1.807, 2.05) is 7.05 Å². The minimum Gasteiger partial charge on any atom is -0.355 e. The second kappa shape index (κ2) is 9.91. The molecule has 0 radical (unpaired) electrons. The van der Waals surface area contributed by atoms with E-state index in [9.17, 15) is 0 Å². The molecule has 1 aliphatic heterocycles. The Morgan fingerprint density at radius 1 is 1.21 bits per heavy atom. The summed E-state index contributed by atoms with van der Waals surface area (Å²) in [5.41, 5.74) is 1.27. The van der Waals surface area contributed by atoms with Crippen LogP contribution >= 0.6 is 35.3 Å². The lowest BCUT2D eigenvalue weighted by Crippen LogP contribution is -2.54. The first-order valence-electron chi connectivity index (χ1n) is 8.55. The minimum absolute atomic E-state index is 0. The van der Waals surface area contributed by atoms with Crippen LogP contribution in [0.25, 0.3) is 0 Å². The number of aliphatic imine (C=N–C) groups is 1. The zero-order chi connectivity index (χ0) is 16.9. The number of guanidine groups is 1. The minimum atomic E-state index is 0. The van der Waals surface area contributed by atoms with Gasteiger partial charge >= 0.3 is 0 Å². The molecule has 138 valence electrons. The van der Waals surface area contributed by atoms with E-state index in [1.54, 1.807) is 11.3 Å². The summed E-state index contributed by atoms with van der Waals surface area (Å²) in [6, 6.07) is 0. The lowest BCUT2D eigenvalue weighted by molar-refractivity contribution is 0.0982. The molecular weight excluding hydrogens is 433 g/mol. The maximum Gasteiger partial charge on any atom is 0.191 e. The van der Waals surface area contributed by atoms with E-state index in [2.05, 4.69) is 53.2 Å². The number of hydrogen-bond donors (Lipinski definition) is 2. The van der Waals surface area contributed by atoms with Gasteiger partial charge in [0, 0.05) is 24.0 Å². The number of piperidine rings is 1. The van der Waals surface area contributed by atoms with Crippen LogP contribution in [0.4, 0.5) is 0 Å². The largest absolute Gasteiger partial charge is 0.355 e. The number of rotatable bonds is 5. The average molecular weight is 465 g/mol. The van der Waals surface area contributed by atoms with Crippen molar-refractivity contribution in [3.05, 3.63) is 15.6 Å². The molecule has 0 atom stereocenters. The molecule has 0 amide bonds. The lowest BCUT2D eigenvalue weighted by Gasteiger charge is -2.41. The Hall–Kier alpha value is -0.410. The molecule has 1 aromatic rings. The van der Waals surface area contributed by atoms with Crippen molar-refractivity contribution in [1.29, 1.82) is 0 Å². The summed E-state index contributed by atoms with van der Waals surface area (Å²) in [6.45, 7) is 12.8. The Morgan fingerprint density at radius 2 is 1.88 bits per heavy atom. The Kier molecular flexibility index (Phi) is 8.94. The number of likely N-dealkylation sites (tertiary alicyclic amines) is 1. The SMILES string of the molecule is CN=C(NCc1nc(C)c(C)s1)NCC(C)(C)N1CCCCC1.I. The van der Waals surface area contributed by atoms with E-state index in [1.165, 1.54) is 37.2 Å². The number of thiazole rings is 1. The van der Waals surface area contributed by atoms with Crippen molar-refractivity contribution in [2.75, 3.05) is 26.7 Å². The highest BCUT2D eigenvalue weighted by atomic mass is 127. The Labute approximate surface area is 167 Å². The van der Waals surface area contributed by atoms with Crippen molar-refractivity contribution >= 4 is 41.3 Å². The van der Waals surface area contributed by atoms with Gasteiger partial charge in [-0.3, -0.25) is 9.89 Å². The third-order valence-electron chi connectivity index (χ3n) is 4.60. The first-order chi connectivity index (χ1) is 10.9. The van der Waals surface area contributed by atoms with E-state index in [4.69, 9.17) is 0 Å². The molecule has 5 nitrogen and oxygen atoms in total. The third kappa shape index (κ3) is 6.15. The van der Waals surface area contributed by atoms with Crippen LogP contribution in [0.15, 0.2) is 4.99 Å². The summed E-state index contributed by atoms with van der Waals surface area (Å²) in [5, 5.41) is 7.95. The third-order valence-corrected chi connectivity index (χ3v) is 5.68. The summed E-state index contributed by atoms with van der Waals surface area (Å²) >= 11 is 1.75. The number of nitrogens with one attached hydrogen (secondary N) is 2. The smallest absolute Gasteiger partial charge is 0.191 e. The van der Waals surface area contributed by atoms with Gasteiger partial charge in [0.25, 0.3) is 0 Å². The topological polar surface area (TPSA) is 52.6 Å². The molecule has 1 saturated heterocycles.